The van der Waals surface area contributed by atoms with Gasteiger partial charge >= 0.3 is 0 Å². The molecule has 7 heteroatoms. The van der Waals surface area contributed by atoms with Crippen LogP contribution < -0.4 is 5.73 Å². The van der Waals surface area contributed by atoms with E-state index in [1.807, 2.05) is 6.07 Å². The molecule has 112 valence electrons. The highest BCUT2D eigenvalue weighted by Gasteiger charge is 2.27. The lowest BCUT2D eigenvalue weighted by atomic mass is 10.0. The van der Waals surface area contributed by atoms with E-state index in [-0.39, 0.29) is 12.5 Å². The molecule has 4 N–H and O–H groups in total. The largest absolute Gasteiger partial charge is 0.394 e. The molecule has 1 amide bonds. The molecule has 0 fully saturated rings. The van der Waals surface area contributed by atoms with Crippen molar-refractivity contribution in [2.75, 3.05) is 13.2 Å². The van der Waals surface area contributed by atoms with Gasteiger partial charge in [0, 0.05) is 36.2 Å². The van der Waals surface area contributed by atoms with E-state index in [1.54, 1.807) is 11.0 Å². The van der Waals surface area contributed by atoms with Gasteiger partial charge in [-0.2, -0.15) is 0 Å². The molecule has 3 rings (SSSR count). The molecule has 1 aliphatic rings. The minimum atomic E-state index is -0.866. The molecule has 2 heterocycles. The van der Waals surface area contributed by atoms with E-state index in [1.165, 1.54) is 0 Å². The number of aromatic amines is 1. The number of nitrogens with one attached hydrogen (secondary N) is 1. The Labute approximate surface area is 131 Å². The number of amides is 1. The van der Waals surface area contributed by atoms with E-state index in [4.69, 9.17) is 34.0 Å². The number of aliphatic hydroxyl groups is 1. The van der Waals surface area contributed by atoms with E-state index >= 15 is 0 Å². The molecule has 0 radical (unpaired) electrons. The number of aromatic nitrogens is 1. The van der Waals surface area contributed by atoms with Crippen molar-refractivity contribution < 1.29 is 9.90 Å². The van der Waals surface area contributed by atoms with E-state index in [2.05, 4.69) is 4.98 Å². The number of H-pyrrole nitrogens is 1. The summed E-state index contributed by atoms with van der Waals surface area (Å²) in [6.07, 6.45) is 0.696. The Morgan fingerprint density at radius 2 is 2.24 bits per heavy atom. The number of halogens is 2. The number of carbonyl (C=O) groups excluding carboxylic acids is 1. The third-order valence-corrected chi connectivity index (χ3v) is 4.67. The highest BCUT2D eigenvalue weighted by Crippen LogP contribution is 2.35. The molecular weight excluding hydrogens is 313 g/mol. The lowest BCUT2D eigenvalue weighted by Gasteiger charge is -2.29. The molecule has 5 nitrogen and oxygen atoms in total. The van der Waals surface area contributed by atoms with Gasteiger partial charge in [0.15, 0.2) is 0 Å². The summed E-state index contributed by atoms with van der Waals surface area (Å²) >= 11 is 12.3. The number of carbonyl (C=O) groups is 1. The highest BCUT2D eigenvalue weighted by atomic mass is 35.5. The average Bonchev–Trinajstić information content (AvgIpc) is 2.87. The second-order valence-electron chi connectivity index (χ2n) is 5.16. The molecule has 0 unspecified atom stereocenters. The summed E-state index contributed by atoms with van der Waals surface area (Å²) in [4.78, 5) is 17.1. The minimum Gasteiger partial charge on any atom is -0.394 e. The fourth-order valence-corrected chi connectivity index (χ4v) is 3.09. The van der Waals surface area contributed by atoms with Gasteiger partial charge in [-0.3, -0.25) is 4.79 Å². The van der Waals surface area contributed by atoms with Crippen molar-refractivity contribution in [3.05, 3.63) is 33.4 Å². The van der Waals surface area contributed by atoms with Crippen LogP contribution in [0.3, 0.4) is 0 Å². The molecule has 21 heavy (non-hydrogen) atoms. The first-order valence-electron chi connectivity index (χ1n) is 6.65. The fourth-order valence-electron chi connectivity index (χ4n) is 2.72. The van der Waals surface area contributed by atoms with Gasteiger partial charge in [-0.1, -0.05) is 29.3 Å². The van der Waals surface area contributed by atoms with Gasteiger partial charge in [0.2, 0.25) is 5.91 Å². The number of hydrogen-bond donors (Lipinski definition) is 3. The third kappa shape index (κ3) is 2.40. The first-order valence-corrected chi connectivity index (χ1v) is 7.41. The van der Waals surface area contributed by atoms with E-state index < -0.39 is 6.04 Å². The molecule has 0 aliphatic carbocycles. The SMILES string of the molecule is N[C@H](CO)C(=O)N1CCc2[nH]c3c(Cl)c(Cl)ccc3c2C1. The van der Waals surface area contributed by atoms with Crippen LogP contribution in [0.25, 0.3) is 10.9 Å². The number of fused-ring (bicyclic) bond motifs is 3. The minimum absolute atomic E-state index is 0.238. The van der Waals surface area contributed by atoms with Crippen LogP contribution in [0.4, 0.5) is 0 Å². The zero-order chi connectivity index (χ0) is 15.1. The van der Waals surface area contributed by atoms with Crippen molar-refractivity contribution in [2.45, 2.75) is 19.0 Å². The van der Waals surface area contributed by atoms with E-state index in [0.29, 0.717) is 29.6 Å². The molecule has 0 spiro atoms. The lowest BCUT2D eigenvalue weighted by Crippen LogP contribution is -2.47. The summed E-state index contributed by atoms with van der Waals surface area (Å²) in [5.41, 5.74) is 8.51. The number of rotatable bonds is 2. The quantitative estimate of drug-likeness (QED) is 0.784. The van der Waals surface area contributed by atoms with Crippen LogP contribution in [0, 0.1) is 0 Å². The van der Waals surface area contributed by atoms with Crippen LogP contribution in [0.5, 0.6) is 0 Å². The van der Waals surface area contributed by atoms with Crippen molar-refractivity contribution in [3.8, 4) is 0 Å². The van der Waals surface area contributed by atoms with Crippen molar-refractivity contribution >= 4 is 40.0 Å². The summed E-state index contributed by atoms with van der Waals surface area (Å²) in [6.45, 7) is 0.676. The molecule has 1 aliphatic heterocycles. The van der Waals surface area contributed by atoms with Crippen LogP contribution in [-0.2, 0) is 17.8 Å². The first kappa shape index (κ1) is 14.7. The summed E-state index contributed by atoms with van der Waals surface area (Å²) < 4.78 is 0. The first-order chi connectivity index (χ1) is 10.0. The van der Waals surface area contributed by atoms with Gasteiger partial charge in [0.05, 0.1) is 22.2 Å². The maximum Gasteiger partial charge on any atom is 0.242 e. The Morgan fingerprint density at radius 1 is 1.48 bits per heavy atom. The zero-order valence-electron chi connectivity index (χ0n) is 11.2. The monoisotopic (exact) mass is 327 g/mol. The third-order valence-electron chi connectivity index (χ3n) is 3.87. The lowest BCUT2D eigenvalue weighted by molar-refractivity contribution is -0.134. The normalized spacial score (nSPS) is 16.1. The molecule has 1 aromatic heterocycles. The van der Waals surface area contributed by atoms with Gasteiger partial charge in [-0.05, 0) is 6.07 Å². The van der Waals surface area contributed by atoms with Gasteiger partial charge in [0.1, 0.15) is 6.04 Å². The van der Waals surface area contributed by atoms with Gasteiger partial charge in [0.25, 0.3) is 0 Å². The van der Waals surface area contributed by atoms with E-state index in [0.717, 1.165) is 22.2 Å². The van der Waals surface area contributed by atoms with Gasteiger partial charge in [-0.25, -0.2) is 0 Å². The fraction of sp³-hybridized carbons (Fsp3) is 0.357. The Kier molecular flexibility index (Phi) is 3.84. The number of benzene rings is 1. The predicted octanol–water partition coefficient (Wildman–Crippen LogP) is 1.68. The highest BCUT2D eigenvalue weighted by molar-refractivity contribution is 6.45. The second kappa shape index (κ2) is 5.50. The van der Waals surface area contributed by atoms with Crippen LogP contribution in [0.1, 0.15) is 11.3 Å². The van der Waals surface area contributed by atoms with Gasteiger partial charge in [-0.15, -0.1) is 0 Å². The summed E-state index contributed by atoms with van der Waals surface area (Å²) in [5.74, 6) is -0.238. The number of hydrogen-bond acceptors (Lipinski definition) is 3. The number of aliphatic hydroxyl groups excluding tert-OH is 1. The molecular formula is C14H15Cl2N3O2. The summed E-state index contributed by atoms with van der Waals surface area (Å²) in [6, 6.07) is 2.79. The molecule has 0 saturated carbocycles. The van der Waals surface area contributed by atoms with Crippen molar-refractivity contribution in [1.29, 1.82) is 0 Å². The van der Waals surface area contributed by atoms with Crippen molar-refractivity contribution in [1.82, 2.24) is 9.88 Å². The topological polar surface area (TPSA) is 82.3 Å². The number of nitrogens with zero attached hydrogens (tertiary/aromatic N) is 1. The Balaban J connectivity index is 1.99. The summed E-state index contributed by atoms with van der Waals surface area (Å²) in [7, 11) is 0. The Morgan fingerprint density at radius 3 is 2.95 bits per heavy atom. The zero-order valence-corrected chi connectivity index (χ0v) is 12.7. The van der Waals surface area contributed by atoms with Crippen LogP contribution in [0.15, 0.2) is 12.1 Å². The van der Waals surface area contributed by atoms with Crippen LogP contribution in [0.2, 0.25) is 10.0 Å². The second-order valence-corrected chi connectivity index (χ2v) is 5.95. The molecule has 2 aromatic rings. The van der Waals surface area contributed by atoms with Crippen molar-refractivity contribution in [3.63, 3.8) is 0 Å². The maximum atomic E-state index is 12.1. The molecule has 1 aromatic carbocycles. The smallest absolute Gasteiger partial charge is 0.242 e. The summed E-state index contributed by atoms with van der Waals surface area (Å²) in [5, 5.41) is 11.0. The Bertz CT molecular complexity index is 714. The van der Waals surface area contributed by atoms with E-state index in [9.17, 15) is 4.79 Å². The van der Waals surface area contributed by atoms with Crippen LogP contribution >= 0.6 is 23.2 Å². The van der Waals surface area contributed by atoms with Crippen molar-refractivity contribution in [2.24, 2.45) is 5.73 Å². The van der Waals surface area contributed by atoms with Gasteiger partial charge < -0.3 is 20.7 Å². The maximum absolute atomic E-state index is 12.1. The van der Waals surface area contributed by atoms with Crippen LogP contribution in [-0.4, -0.2) is 40.1 Å². The average molecular weight is 328 g/mol. The molecule has 0 bridgehead atoms. The molecule has 0 saturated heterocycles. The standard InChI is InChI=1S/C14H15Cl2N3O2/c15-9-2-1-7-8-5-19(14(21)10(17)6-20)4-3-11(8)18-13(7)12(9)16/h1-2,10,18,20H,3-6,17H2/t10-/m1/s1. The Hall–Kier alpha value is -1.27. The molecule has 1 atom stereocenters. The predicted molar refractivity (Wildman–Crippen MR) is 82.5 cm³/mol. The number of nitrogens with two attached hydrogens (primary N) is 1.